The molecule has 0 unspecified atom stereocenters. The number of aliphatic hydroxyl groups excluding tert-OH is 1. The normalized spacial score (nSPS) is 14.4. The van der Waals surface area contributed by atoms with Gasteiger partial charge in [-0.1, -0.05) is 126 Å². The van der Waals surface area contributed by atoms with Crippen molar-refractivity contribution in [2.24, 2.45) is 5.92 Å². The molecule has 0 aromatic heterocycles. The van der Waals surface area contributed by atoms with Crippen LogP contribution in [0.4, 0.5) is 0 Å². The standard InChI is InChI=1S/C33H44O3Si/c1-25(2)30(35)23-29(34)24-31(36-37(6,7)32(3,4)5)33(26-17-11-8-12-18-26,27-19-13-9-14-20-27)28-21-15-10-16-22-28/h8-22,25,30-31,35H,23-24H2,1-7H3/t30-,31+/m1/s1. The lowest BCUT2D eigenvalue weighted by molar-refractivity contribution is -0.123. The zero-order chi connectivity index (χ0) is 27.3. The number of carbonyl (C=O) groups is 1. The quantitative estimate of drug-likeness (QED) is 0.209. The number of ketones is 1. The lowest BCUT2D eigenvalue weighted by Crippen LogP contribution is -2.53. The summed E-state index contributed by atoms with van der Waals surface area (Å²) in [4.78, 5) is 13.6. The number of hydrogen-bond donors (Lipinski definition) is 1. The third-order valence-electron chi connectivity index (χ3n) is 8.03. The fourth-order valence-corrected chi connectivity index (χ4v) is 6.06. The zero-order valence-corrected chi connectivity index (χ0v) is 24.6. The SMILES string of the molecule is CC(C)[C@H](O)CC(=O)C[C@H](O[Si](C)(C)C(C)(C)C)C(c1ccccc1)(c1ccccc1)c1ccccc1. The molecular weight excluding hydrogens is 472 g/mol. The fraction of sp³-hybridized carbons (Fsp3) is 0.424. The lowest BCUT2D eigenvalue weighted by atomic mass is 9.64. The van der Waals surface area contributed by atoms with E-state index in [9.17, 15) is 9.90 Å². The minimum absolute atomic E-state index is 0.0193. The van der Waals surface area contributed by atoms with Crippen molar-refractivity contribution in [3.05, 3.63) is 108 Å². The highest BCUT2D eigenvalue weighted by Gasteiger charge is 2.49. The van der Waals surface area contributed by atoms with E-state index in [2.05, 4.69) is 107 Å². The third kappa shape index (κ3) is 6.49. The van der Waals surface area contributed by atoms with Gasteiger partial charge in [-0.2, -0.15) is 0 Å². The van der Waals surface area contributed by atoms with Crippen molar-refractivity contribution < 1.29 is 14.3 Å². The molecule has 0 saturated heterocycles. The molecule has 37 heavy (non-hydrogen) atoms. The van der Waals surface area contributed by atoms with E-state index in [1.807, 2.05) is 32.0 Å². The number of Topliss-reactive ketones (excluding diaryl/α,β-unsaturated/α-hetero) is 1. The maximum atomic E-state index is 13.6. The molecule has 1 N–H and O–H groups in total. The summed E-state index contributed by atoms with van der Waals surface area (Å²) in [6.07, 6.45) is -0.772. The topological polar surface area (TPSA) is 46.5 Å². The van der Waals surface area contributed by atoms with Gasteiger partial charge < -0.3 is 9.53 Å². The summed E-state index contributed by atoms with van der Waals surface area (Å²) in [6, 6.07) is 31.3. The molecule has 3 aromatic carbocycles. The minimum Gasteiger partial charge on any atom is -0.412 e. The highest BCUT2D eigenvalue weighted by Crippen LogP contribution is 2.48. The summed E-state index contributed by atoms with van der Waals surface area (Å²) in [5.41, 5.74) is 2.56. The Balaban J connectivity index is 2.32. The van der Waals surface area contributed by atoms with Crippen LogP contribution in [-0.4, -0.2) is 31.4 Å². The maximum Gasteiger partial charge on any atom is 0.192 e. The van der Waals surface area contributed by atoms with Crippen LogP contribution in [0.2, 0.25) is 18.1 Å². The Morgan fingerprint density at radius 1 is 0.757 bits per heavy atom. The summed E-state index contributed by atoms with van der Waals surface area (Å²) in [6.45, 7) is 15.1. The third-order valence-corrected chi connectivity index (χ3v) is 12.5. The van der Waals surface area contributed by atoms with Crippen molar-refractivity contribution >= 4 is 14.1 Å². The molecule has 0 heterocycles. The van der Waals surface area contributed by atoms with Crippen molar-refractivity contribution in [1.82, 2.24) is 0 Å². The second-order valence-corrected chi connectivity index (χ2v) is 16.8. The molecule has 3 aromatic rings. The molecule has 0 radical (unpaired) electrons. The van der Waals surface area contributed by atoms with Crippen LogP contribution < -0.4 is 0 Å². The van der Waals surface area contributed by atoms with Crippen LogP contribution in [-0.2, 0) is 14.6 Å². The number of carbonyl (C=O) groups excluding carboxylic acids is 1. The van der Waals surface area contributed by atoms with Crippen molar-refractivity contribution in [3.8, 4) is 0 Å². The van der Waals surface area contributed by atoms with Gasteiger partial charge in [-0.15, -0.1) is 0 Å². The average Bonchev–Trinajstić information content (AvgIpc) is 2.85. The summed E-state index contributed by atoms with van der Waals surface area (Å²) < 4.78 is 7.28. The molecule has 0 aliphatic carbocycles. The van der Waals surface area contributed by atoms with E-state index in [4.69, 9.17) is 4.43 Å². The smallest absolute Gasteiger partial charge is 0.192 e. The van der Waals surface area contributed by atoms with Gasteiger partial charge in [0.25, 0.3) is 0 Å². The van der Waals surface area contributed by atoms with Crippen LogP contribution in [0.5, 0.6) is 0 Å². The van der Waals surface area contributed by atoms with Crippen LogP contribution in [0.1, 0.15) is 64.2 Å². The Morgan fingerprint density at radius 2 is 1.14 bits per heavy atom. The maximum absolute atomic E-state index is 13.6. The van der Waals surface area contributed by atoms with Crippen LogP contribution in [0.25, 0.3) is 0 Å². The molecule has 4 heteroatoms. The van der Waals surface area contributed by atoms with Gasteiger partial charge in [-0.05, 0) is 40.7 Å². The second-order valence-electron chi connectivity index (χ2n) is 12.0. The zero-order valence-electron chi connectivity index (χ0n) is 23.6. The molecule has 0 amide bonds. The van der Waals surface area contributed by atoms with E-state index in [0.29, 0.717) is 0 Å². The molecular formula is C33H44O3Si. The Hall–Kier alpha value is -2.53. The second kappa shape index (κ2) is 11.9. The predicted molar refractivity (Wildman–Crippen MR) is 156 cm³/mol. The highest BCUT2D eigenvalue weighted by molar-refractivity contribution is 6.74. The highest BCUT2D eigenvalue weighted by atomic mass is 28.4. The van der Waals surface area contributed by atoms with Crippen molar-refractivity contribution in [3.63, 3.8) is 0 Å². The Kier molecular flexibility index (Phi) is 9.33. The van der Waals surface area contributed by atoms with E-state index in [1.54, 1.807) is 0 Å². The van der Waals surface area contributed by atoms with Crippen molar-refractivity contribution in [1.29, 1.82) is 0 Å². The molecule has 0 aliphatic rings. The molecule has 0 bridgehead atoms. The molecule has 3 rings (SSSR count). The van der Waals surface area contributed by atoms with Gasteiger partial charge in [0.1, 0.15) is 5.78 Å². The molecule has 0 aliphatic heterocycles. The number of rotatable bonds is 11. The van der Waals surface area contributed by atoms with Gasteiger partial charge in [0, 0.05) is 12.8 Å². The van der Waals surface area contributed by atoms with Gasteiger partial charge in [0.2, 0.25) is 0 Å². The lowest BCUT2D eigenvalue weighted by Gasteiger charge is -2.48. The Bertz CT molecular complexity index is 1020. The van der Waals surface area contributed by atoms with Gasteiger partial charge in [0.15, 0.2) is 8.32 Å². The number of hydrogen-bond acceptors (Lipinski definition) is 3. The Morgan fingerprint density at radius 3 is 1.46 bits per heavy atom. The Labute approximate surface area is 225 Å². The first-order valence-corrected chi connectivity index (χ1v) is 16.3. The summed E-state index contributed by atoms with van der Waals surface area (Å²) in [5.74, 6) is 0.0444. The van der Waals surface area contributed by atoms with Crippen molar-refractivity contribution in [2.75, 3.05) is 0 Å². The minimum atomic E-state index is -2.32. The molecule has 0 spiro atoms. The van der Waals surface area contributed by atoms with E-state index in [1.165, 1.54) is 0 Å². The van der Waals surface area contributed by atoms with E-state index in [0.717, 1.165) is 16.7 Å². The van der Waals surface area contributed by atoms with E-state index < -0.39 is 25.9 Å². The molecule has 0 fully saturated rings. The van der Waals surface area contributed by atoms with Gasteiger partial charge in [0.05, 0.1) is 17.6 Å². The molecule has 2 atom stereocenters. The van der Waals surface area contributed by atoms with E-state index >= 15 is 0 Å². The number of aliphatic hydroxyl groups is 1. The average molecular weight is 517 g/mol. The summed E-state index contributed by atoms with van der Waals surface area (Å²) >= 11 is 0. The summed E-state index contributed by atoms with van der Waals surface area (Å²) in [7, 11) is -2.32. The van der Waals surface area contributed by atoms with Gasteiger partial charge in [-0.25, -0.2) is 0 Å². The first kappa shape index (κ1) is 29.0. The van der Waals surface area contributed by atoms with Gasteiger partial charge >= 0.3 is 0 Å². The first-order valence-electron chi connectivity index (χ1n) is 13.4. The molecule has 3 nitrogen and oxygen atoms in total. The van der Waals surface area contributed by atoms with Crippen LogP contribution in [0, 0.1) is 5.92 Å². The molecule has 0 saturated carbocycles. The van der Waals surface area contributed by atoms with Crippen LogP contribution in [0.15, 0.2) is 91.0 Å². The summed E-state index contributed by atoms with van der Waals surface area (Å²) in [5, 5.41) is 10.5. The predicted octanol–water partition coefficient (Wildman–Crippen LogP) is 7.78. The van der Waals surface area contributed by atoms with Crippen LogP contribution >= 0.6 is 0 Å². The number of benzene rings is 3. The van der Waals surface area contributed by atoms with Gasteiger partial charge in [-0.3, -0.25) is 4.79 Å². The first-order chi connectivity index (χ1) is 17.4. The largest absolute Gasteiger partial charge is 0.412 e. The van der Waals surface area contributed by atoms with E-state index in [-0.39, 0.29) is 29.6 Å². The fourth-order valence-electron chi connectivity index (χ4n) is 4.74. The molecule has 198 valence electrons. The van der Waals surface area contributed by atoms with Crippen molar-refractivity contribution in [2.45, 2.75) is 83.2 Å². The monoisotopic (exact) mass is 516 g/mol. The van der Waals surface area contributed by atoms with Crippen LogP contribution in [0.3, 0.4) is 0 Å².